The fourth-order valence-electron chi connectivity index (χ4n) is 8.61. The summed E-state index contributed by atoms with van der Waals surface area (Å²) < 4.78 is 4.78. The maximum absolute atomic E-state index is 2.40. The Bertz CT molecular complexity index is 3210. The van der Waals surface area contributed by atoms with Crippen LogP contribution in [-0.4, -0.2) is 9.13 Å². The molecule has 2 nitrogen and oxygen atoms in total. The molecular formula is C54H36N2. The van der Waals surface area contributed by atoms with Gasteiger partial charge in [0.2, 0.25) is 0 Å². The van der Waals surface area contributed by atoms with Gasteiger partial charge in [0.15, 0.2) is 0 Å². The first kappa shape index (κ1) is 32.0. The highest BCUT2D eigenvalue weighted by atomic mass is 15.0. The number of hydrogen-bond acceptors (Lipinski definition) is 0. The minimum Gasteiger partial charge on any atom is -0.309 e. The lowest BCUT2D eigenvalue weighted by Gasteiger charge is -2.09. The Morgan fingerprint density at radius 3 is 1.02 bits per heavy atom. The van der Waals surface area contributed by atoms with Crippen LogP contribution < -0.4 is 0 Å². The van der Waals surface area contributed by atoms with Crippen molar-refractivity contribution in [3.05, 3.63) is 218 Å². The predicted molar refractivity (Wildman–Crippen MR) is 237 cm³/mol. The average molecular weight is 713 g/mol. The molecule has 0 aliphatic carbocycles. The molecule has 0 aliphatic rings. The topological polar surface area (TPSA) is 9.86 Å². The third kappa shape index (κ3) is 5.34. The molecule has 0 aliphatic heterocycles. The molecule has 2 heteroatoms. The SMILES string of the molecule is c1ccc(-c2cccc(-c3ccc(-c4ccc5c(c4)c4cc(-c6ccc7c(c6)c6ccccc6n7-c6ccccc6)ccc4n5-c4ccccc4)cc3)c2)cc1. The summed E-state index contributed by atoms with van der Waals surface area (Å²) in [5, 5.41) is 5.00. The van der Waals surface area contributed by atoms with Crippen molar-refractivity contribution in [3.8, 4) is 55.9 Å². The zero-order valence-electron chi connectivity index (χ0n) is 30.7. The smallest absolute Gasteiger partial charge is 0.0541 e. The normalized spacial score (nSPS) is 11.6. The summed E-state index contributed by atoms with van der Waals surface area (Å²) in [4.78, 5) is 0. The van der Waals surface area contributed by atoms with E-state index in [0.29, 0.717) is 0 Å². The standard InChI is InChI=1S/C54H36N2/c1-4-13-37(14-5-1)40-15-12-16-41(33-40)38-23-25-39(26-24-38)42-27-30-53-49(34-42)50-36-44(29-32-54(50)56(53)46-19-8-3-9-20-46)43-28-31-52-48(35-43)47-21-10-11-22-51(47)55(52)45-17-6-2-7-18-45/h1-36H. The summed E-state index contributed by atoms with van der Waals surface area (Å²) in [6, 6.07) is 79.4. The van der Waals surface area contributed by atoms with Gasteiger partial charge in [-0.2, -0.15) is 0 Å². The number of para-hydroxylation sites is 3. The second kappa shape index (κ2) is 13.2. The quantitative estimate of drug-likeness (QED) is 0.162. The molecule has 0 N–H and O–H groups in total. The van der Waals surface area contributed by atoms with Crippen molar-refractivity contribution in [1.29, 1.82) is 0 Å². The van der Waals surface area contributed by atoms with Gasteiger partial charge < -0.3 is 9.13 Å². The number of fused-ring (bicyclic) bond motifs is 6. The summed E-state index contributed by atoms with van der Waals surface area (Å²) in [5.41, 5.74) is 16.8. The summed E-state index contributed by atoms with van der Waals surface area (Å²) >= 11 is 0. The Balaban J connectivity index is 1.03. The van der Waals surface area contributed by atoms with E-state index < -0.39 is 0 Å². The van der Waals surface area contributed by atoms with Gasteiger partial charge in [-0.15, -0.1) is 0 Å². The fraction of sp³-hybridized carbons (Fsp3) is 0. The largest absolute Gasteiger partial charge is 0.309 e. The van der Waals surface area contributed by atoms with Gasteiger partial charge in [0.05, 0.1) is 22.1 Å². The molecule has 0 unspecified atom stereocenters. The van der Waals surface area contributed by atoms with Crippen LogP contribution in [0.4, 0.5) is 0 Å². The van der Waals surface area contributed by atoms with Crippen LogP contribution in [0, 0.1) is 0 Å². The van der Waals surface area contributed by atoms with E-state index in [1.807, 2.05) is 0 Å². The van der Waals surface area contributed by atoms with Crippen LogP contribution in [-0.2, 0) is 0 Å². The van der Waals surface area contributed by atoms with Gasteiger partial charge in [-0.05, 0) is 117 Å². The molecule has 11 aromatic rings. The zero-order chi connectivity index (χ0) is 37.0. The highest BCUT2D eigenvalue weighted by molar-refractivity contribution is 6.13. The maximum Gasteiger partial charge on any atom is 0.0541 e. The van der Waals surface area contributed by atoms with Gasteiger partial charge in [-0.3, -0.25) is 0 Å². The van der Waals surface area contributed by atoms with Crippen molar-refractivity contribution < 1.29 is 0 Å². The Morgan fingerprint density at radius 2 is 0.518 bits per heavy atom. The van der Waals surface area contributed by atoms with Gasteiger partial charge in [0, 0.05) is 32.9 Å². The van der Waals surface area contributed by atoms with Crippen molar-refractivity contribution in [2.45, 2.75) is 0 Å². The highest BCUT2D eigenvalue weighted by Crippen LogP contribution is 2.40. The molecule has 0 saturated carbocycles. The summed E-state index contributed by atoms with van der Waals surface area (Å²) in [5.74, 6) is 0. The van der Waals surface area contributed by atoms with E-state index in [9.17, 15) is 0 Å². The van der Waals surface area contributed by atoms with Gasteiger partial charge in [-0.1, -0.05) is 146 Å². The fourth-order valence-corrected chi connectivity index (χ4v) is 8.61. The van der Waals surface area contributed by atoms with Crippen molar-refractivity contribution in [3.63, 3.8) is 0 Å². The van der Waals surface area contributed by atoms with Crippen LogP contribution in [0.3, 0.4) is 0 Å². The second-order valence-electron chi connectivity index (χ2n) is 14.6. The van der Waals surface area contributed by atoms with Gasteiger partial charge >= 0.3 is 0 Å². The Labute approximate surface area is 325 Å². The van der Waals surface area contributed by atoms with Crippen molar-refractivity contribution in [2.24, 2.45) is 0 Å². The van der Waals surface area contributed by atoms with E-state index >= 15 is 0 Å². The molecule has 0 atom stereocenters. The maximum atomic E-state index is 2.40. The minimum atomic E-state index is 1.16. The number of aromatic nitrogens is 2. The molecule has 2 aromatic heterocycles. The second-order valence-corrected chi connectivity index (χ2v) is 14.6. The molecule has 0 saturated heterocycles. The van der Waals surface area contributed by atoms with Crippen LogP contribution in [0.1, 0.15) is 0 Å². The van der Waals surface area contributed by atoms with E-state index in [4.69, 9.17) is 0 Å². The molecule has 0 amide bonds. The lowest BCUT2D eigenvalue weighted by Crippen LogP contribution is -1.93. The molecule has 11 rings (SSSR count). The predicted octanol–water partition coefficient (Wildman–Crippen LogP) is 14.5. The molecular weight excluding hydrogens is 677 g/mol. The van der Waals surface area contributed by atoms with Crippen molar-refractivity contribution in [1.82, 2.24) is 9.13 Å². The van der Waals surface area contributed by atoms with Crippen molar-refractivity contribution >= 4 is 43.6 Å². The molecule has 0 fully saturated rings. The number of benzene rings is 9. The van der Waals surface area contributed by atoms with E-state index in [1.54, 1.807) is 0 Å². The van der Waals surface area contributed by atoms with E-state index in [0.717, 1.165) is 5.69 Å². The van der Waals surface area contributed by atoms with Gasteiger partial charge in [-0.25, -0.2) is 0 Å². The first-order chi connectivity index (χ1) is 27.8. The third-order valence-electron chi connectivity index (χ3n) is 11.3. The molecule has 9 aromatic carbocycles. The Morgan fingerprint density at radius 1 is 0.196 bits per heavy atom. The average Bonchev–Trinajstić information content (AvgIpc) is 3.79. The monoisotopic (exact) mass is 712 g/mol. The molecule has 2 heterocycles. The van der Waals surface area contributed by atoms with Crippen LogP contribution in [0.5, 0.6) is 0 Å². The van der Waals surface area contributed by atoms with Crippen LogP contribution in [0.15, 0.2) is 218 Å². The van der Waals surface area contributed by atoms with Crippen LogP contribution in [0.25, 0.3) is 99.5 Å². The van der Waals surface area contributed by atoms with E-state index in [1.165, 1.54) is 93.8 Å². The van der Waals surface area contributed by atoms with E-state index in [-0.39, 0.29) is 0 Å². The zero-order valence-corrected chi connectivity index (χ0v) is 30.7. The molecule has 0 spiro atoms. The molecule has 262 valence electrons. The van der Waals surface area contributed by atoms with Gasteiger partial charge in [0.25, 0.3) is 0 Å². The highest BCUT2D eigenvalue weighted by Gasteiger charge is 2.17. The third-order valence-corrected chi connectivity index (χ3v) is 11.3. The summed E-state index contributed by atoms with van der Waals surface area (Å²) in [7, 11) is 0. The van der Waals surface area contributed by atoms with Crippen LogP contribution >= 0.6 is 0 Å². The molecule has 56 heavy (non-hydrogen) atoms. The lowest BCUT2D eigenvalue weighted by atomic mass is 9.96. The number of rotatable bonds is 6. The number of nitrogens with zero attached hydrogens (tertiary/aromatic N) is 2. The first-order valence-corrected chi connectivity index (χ1v) is 19.3. The summed E-state index contributed by atoms with van der Waals surface area (Å²) in [6.45, 7) is 0. The number of hydrogen-bond donors (Lipinski definition) is 0. The van der Waals surface area contributed by atoms with Crippen molar-refractivity contribution in [2.75, 3.05) is 0 Å². The first-order valence-electron chi connectivity index (χ1n) is 19.3. The minimum absolute atomic E-state index is 1.16. The van der Waals surface area contributed by atoms with Gasteiger partial charge in [0.1, 0.15) is 0 Å². The Kier molecular flexibility index (Phi) is 7.53. The lowest BCUT2D eigenvalue weighted by molar-refractivity contribution is 1.18. The van der Waals surface area contributed by atoms with E-state index in [2.05, 4.69) is 228 Å². The summed E-state index contributed by atoms with van der Waals surface area (Å²) in [6.07, 6.45) is 0. The molecule has 0 bridgehead atoms. The molecule has 0 radical (unpaired) electrons. The van der Waals surface area contributed by atoms with Crippen LogP contribution in [0.2, 0.25) is 0 Å². The Hall–Kier alpha value is -7.42.